The molecule has 0 bridgehead atoms. The van der Waals surface area contributed by atoms with Crippen molar-refractivity contribution in [1.82, 2.24) is 4.98 Å². The first kappa shape index (κ1) is 12.4. The van der Waals surface area contributed by atoms with Crippen LogP contribution in [0.5, 0.6) is 0 Å². The molecule has 0 spiro atoms. The lowest BCUT2D eigenvalue weighted by Crippen LogP contribution is -2.20. The molecule has 6 heteroatoms. The maximum Gasteiger partial charge on any atom is 0.324 e. The van der Waals surface area contributed by atoms with Crippen LogP contribution in [-0.4, -0.2) is 11.0 Å². The van der Waals surface area contributed by atoms with Gasteiger partial charge in [0.25, 0.3) is 0 Å². The molecule has 1 aromatic heterocycles. The minimum absolute atomic E-state index is 0.362. The van der Waals surface area contributed by atoms with E-state index in [1.807, 2.05) is 18.2 Å². The molecule has 0 atom stereocenters. The molecule has 2 aromatic rings. The van der Waals surface area contributed by atoms with Crippen molar-refractivity contribution in [2.45, 2.75) is 0 Å². The number of para-hydroxylation sites is 1. The van der Waals surface area contributed by atoms with E-state index in [1.165, 1.54) is 6.20 Å². The van der Waals surface area contributed by atoms with Crippen LogP contribution in [0.15, 0.2) is 47.1 Å². The predicted molar refractivity (Wildman–Crippen MR) is 75.4 cm³/mol. The van der Waals surface area contributed by atoms with Crippen molar-refractivity contribution < 1.29 is 4.79 Å². The molecule has 2 amide bonds. The standard InChI is InChI=1S/C12H11BrN4O/c13-10-6-8(14)7-15-11(10)17-12(18)16-9-4-2-1-3-5-9/h1-7H,14H2,(H2,15,16,17,18). The molecule has 0 unspecified atom stereocenters. The van der Waals surface area contributed by atoms with E-state index in [4.69, 9.17) is 5.73 Å². The first-order chi connectivity index (χ1) is 8.65. The van der Waals surface area contributed by atoms with Crippen molar-refractivity contribution in [2.75, 3.05) is 16.4 Å². The third kappa shape index (κ3) is 3.21. The molecular weight excluding hydrogens is 296 g/mol. The number of nitrogens with one attached hydrogen (secondary N) is 2. The summed E-state index contributed by atoms with van der Waals surface area (Å²) in [6, 6.07) is 10.5. The van der Waals surface area contributed by atoms with Gasteiger partial charge in [-0.15, -0.1) is 0 Å². The molecule has 0 aliphatic heterocycles. The van der Waals surface area contributed by atoms with Crippen LogP contribution >= 0.6 is 15.9 Å². The minimum atomic E-state index is -0.362. The van der Waals surface area contributed by atoms with E-state index in [-0.39, 0.29) is 6.03 Å². The van der Waals surface area contributed by atoms with Gasteiger partial charge in [0.2, 0.25) is 0 Å². The van der Waals surface area contributed by atoms with Crippen LogP contribution in [0.2, 0.25) is 0 Å². The maximum atomic E-state index is 11.7. The van der Waals surface area contributed by atoms with Crippen LogP contribution in [0.1, 0.15) is 0 Å². The molecule has 1 aromatic carbocycles. The molecule has 0 aliphatic carbocycles. The smallest absolute Gasteiger partial charge is 0.324 e. The van der Waals surface area contributed by atoms with Crippen molar-refractivity contribution in [3.63, 3.8) is 0 Å². The van der Waals surface area contributed by atoms with Gasteiger partial charge in [-0.3, -0.25) is 5.32 Å². The molecule has 5 nitrogen and oxygen atoms in total. The number of nitrogens with two attached hydrogens (primary N) is 1. The lowest BCUT2D eigenvalue weighted by atomic mass is 10.3. The first-order valence-corrected chi connectivity index (χ1v) is 5.98. The summed E-state index contributed by atoms with van der Waals surface area (Å²) in [4.78, 5) is 15.7. The van der Waals surface area contributed by atoms with E-state index in [1.54, 1.807) is 18.2 Å². The number of benzene rings is 1. The predicted octanol–water partition coefficient (Wildman–Crippen LogP) is 3.07. The van der Waals surface area contributed by atoms with Crippen molar-refractivity contribution in [3.8, 4) is 0 Å². The molecule has 1 heterocycles. The summed E-state index contributed by atoms with van der Waals surface area (Å²) >= 11 is 3.28. The second-order valence-electron chi connectivity index (χ2n) is 3.54. The van der Waals surface area contributed by atoms with Gasteiger partial charge in [0.1, 0.15) is 5.82 Å². The third-order valence-electron chi connectivity index (χ3n) is 2.13. The monoisotopic (exact) mass is 306 g/mol. The van der Waals surface area contributed by atoms with Gasteiger partial charge in [-0.1, -0.05) is 18.2 Å². The number of halogens is 1. The number of amides is 2. The van der Waals surface area contributed by atoms with Crippen LogP contribution in [0, 0.1) is 0 Å². The van der Waals surface area contributed by atoms with Gasteiger partial charge < -0.3 is 11.1 Å². The summed E-state index contributed by atoms with van der Waals surface area (Å²) in [6.45, 7) is 0. The second-order valence-corrected chi connectivity index (χ2v) is 4.40. The van der Waals surface area contributed by atoms with Gasteiger partial charge in [-0.25, -0.2) is 9.78 Å². The zero-order chi connectivity index (χ0) is 13.0. The van der Waals surface area contributed by atoms with E-state index < -0.39 is 0 Å². The number of pyridine rings is 1. The van der Waals surface area contributed by atoms with Crippen LogP contribution in [0.3, 0.4) is 0 Å². The largest absolute Gasteiger partial charge is 0.397 e. The minimum Gasteiger partial charge on any atom is -0.397 e. The molecule has 0 fully saturated rings. The molecule has 0 saturated carbocycles. The molecule has 2 rings (SSSR count). The highest BCUT2D eigenvalue weighted by Crippen LogP contribution is 2.21. The Labute approximate surface area is 113 Å². The van der Waals surface area contributed by atoms with Gasteiger partial charge in [-0.2, -0.15) is 0 Å². The number of hydrogen-bond donors (Lipinski definition) is 3. The average molecular weight is 307 g/mol. The first-order valence-electron chi connectivity index (χ1n) is 5.19. The number of carbonyl (C=O) groups excluding carboxylic acids is 1. The van der Waals surface area contributed by atoms with E-state index in [9.17, 15) is 4.79 Å². The normalized spacial score (nSPS) is 9.83. The van der Waals surface area contributed by atoms with Crippen LogP contribution in [-0.2, 0) is 0 Å². The average Bonchev–Trinajstić information content (AvgIpc) is 2.34. The molecule has 18 heavy (non-hydrogen) atoms. The highest BCUT2D eigenvalue weighted by atomic mass is 79.9. The number of nitrogens with zero attached hydrogens (tertiary/aromatic N) is 1. The van der Waals surface area contributed by atoms with Crippen LogP contribution in [0.25, 0.3) is 0 Å². The van der Waals surface area contributed by atoms with Gasteiger partial charge in [0, 0.05) is 5.69 Å². The van der Waals surface area contributed by atoms with Crippen LogP contribution in [0.4, 0.5) is 22.0 Å². The summed E-state index contributed by atoms with van der Waals surface area (Å²) in [6.07, 6.45) is 1.48. The topological polar surface area (TPSA) is 80.0 Å². The fourth-order valence-electron chi connectivity index (χ4n) is 1.34. The Morgan fingerprint density at radius 3 is 2.61 bits per heavy atom. The van der Waals surface area contributed by atoms with Crippen LogP contribution < -0.4 is 16.4 Å². The number of carbonyl (C=O) groups is 1. The Bertz CT molecular complexity index is 559. The van der Waals surface area contributed by atoms with Crippen molar-refractivity contribution in [1.29, 1.82) is 0 Å². The van der Waals surface area contributed by atoms with Crippen molar-refractivity contribution in [3.05, 3.63) is 47.1 Å². The number of nitrogen functional groups attached to an aromatic ring is 1. The fraction of sp³-hybridized carbons (Fsp3) is 0. The Kier molecular flexibility index (Phi) is 3.78. The van der Waals surface area contributed by atoms with Gasteiger partial charge in [0.05, 0.1) is 16.4 Å². The molecule has 0 aliphatic rings. The SMILES string of the molecule is Nc1cnc(NC(=O)Nc2ccccc2)c(Br)c1. The lowest BCUT2D eigenvalue weighted by Gasteiger charge is -2.08. The number of rotatable bonds is 2. The summed E-state index contributed by atoms with van der Waals surface area (Å²) in [5, 5.41) is 5.31. The highest BCUT2D eigenvalue weighted by Gasteiger charge is 2.06. The van der Waals surface area contributed by atoms with Crippen molar-refractivity contribution >= 4 is 39.2 Å². The molecule has 4 N–H and O–H groups in total. The molecule has 0 radical (unpaired) electrons. The Balaban J connectivity index is 2.03. The lowest BCUT2D eigenvalue weighted by molar-refractivity contribution is 0.262. The highest BCUT2D eigenvalue weighted by molar-refractivity contribution is 9.10. The zero-order valence-corrected chi connectivity index (χ0v) is 10.9. The van der Waals surface area contributed by atoms with Gasteiger partial charge in [0.15, 0.2) is 0 Å². The molecule has 0 saturated heterocycles. The van der Waals surface area contributed by atoms with E-state index in [2.05, 4.69) is 31.5 Å². The van der Waals surface area contributed by atoms with Gasteiger partial charge >= 0.3 is 6.03 Å². The van der Waals surface area contributed by atoms with Gasteiger partial charge in [-0.05, 0) is 34.1 Å². The summed E-state index contributed by atoms with van der Waals surface area (Å²) in [7, 11) is 0. The molecular formula is C12H11BrN4O. The number of urea groups is 1. The van der Waals surface area contributed by atoms with Crippen molar-refractivity contribution in [2.24, 2.45) is 0 Å². The number of anilines is 3. The second kappa shape index (κ2) is 5.50. The number of hydrogen-bond acceptors (Lipinski definition) is 3. The molecule has 92 valence electrons. The fourth-order valence-corrected chi connectivity index (χ4v) is 1.80. The van der Waals surface area contributed by atoms with E-state index >= 15 is 0 Å². The van der Waals surface area contributed by atoms with E-state index in [0.29, 0.717) is 21.7 Å². The number of aromatic nitrogens is 1. The Hall–Kier alpha value is -2.08. The summed E-state index contributed by atoms with van der Waals surface area (Å²) < 4.78 is 0.630. The maximum absolute atomic E-state index is 11.7. The zero-order valence-electron chi connectivity index (χ0n) is 9.35. The summed E-state index contributed by atoms with van der Waals surface area (Å²) in [5.74, 6) is 0.414. The third-order valence-corrected chi connectivity index (χ3v) is 2.73. The van der Waals surface area contributed by atoms with E-state index in [0.717, 1.165) is 0 Å². The Morgan fingerprint density at radius 1 is 1.22 bits per heavy atom. The summed E-state index contributed by atoms with van der Waals surface area (Å²) in [5.41, 5.74) is 6.79. The quantitative estimate of drug-likeness (QED) is 0.797. The Morgan fingerprint density at radius 2 is 1.94 bits per heavy atom.